The van der Waals surface area contributed by atoms with Gasteiger partial charge in [-0.25, -0.2) is 4.98 Å². The molecule has 1 heterocycles. The summed E-state index contributed by atoms with van der Waals surface area (Å²) >= 11 is 0. The van der Waals surface area contributed by atoms with Gasteiger partial charge in [-0.15, -0.1) is 0 Å². The van der Waals surface area contributed by atoms with Crippen molar-refractivity contribution in [1.29, 1.82) is 0 Å². The standard InChI is InChI=1S/C16H14N4O4/c1-23-13-6-2-4-11(8-13)16-17-15(18-19-16)10-24-14-7-3-5-12(9-14)20(21)22/h2-9H,10H2,1H3,(H,17,18,19). The lowest BCUT2D eigenvalue weighted by Crippen LogP contribution is -1.98. The van der Waals surface area contributed by atoms with E-state index in [-0.39, 0.29) is 12.3 Å². The second-order valence-corrected chi connectivity index (χ2v) is 4.88. The molecule has 3 aromatic rings. The molecule has 122 valence electrons. The molecule has 8 nitrogen and oxygen atoms in total. The average molecular weight is 326 g/mol. The van der Waals surface area contributed by atoms with E-state index in [9.17, 15) is 10.1 Å². The molecule has 8 heteroatoms. The Labute approximate surface area is 137 Å². The van der Waals surface area contributed by atoms with E-state index in [1.807, 2.05) is 24.3 Å². The van der Waals surface area contributed by atoms with Crippen molar-refractivity contribution in [2.24, 2.45) is 0 Å². The zero-order chi connectivity index (χ0) is 16.9. The number of aromatic amines is 1. The zero-order valence-electron chi connectivity index (χ0n) is 12.8. The fraction of sp³-hybridized carbons (Fsp3) is 0.125. The van der Waals surface area contributed by atoms with E-state index in [1.165, 1.54) is 12.1 Å². The van der Waals surface area contributed by atoms with Gasteiger partial charge in [0, 0.05) is 11.6 Å². The molecule has 0 radical (unpaired) electrons. The molecule has 1 aromatic heterocycles. The third-order valence-electron chi connectivity index (χ3n) is 3.26. The van der Waals surface area contributed by atoms with Crippen molar-refractivity contribution in [3.63, 3.8) is 0 Å². The lowest BCUT2D eigenvalue weighted by atomic mass is 10.2. The van der Waals surface area contributed by atoms with Crippen LogP contribution in [0.5, 0.6) is 11.5 Å². The van der Waals surface area contributed by atoms with E-state index < -0.39 is 4.92 Å². The number of methoxy groups -OCH3 is 1. The minimum absolute atomic E-state index is 0.0258. The van der Waals surface area contributed by atoms with Crippen LogP contribution in [0.25, 0.3) is 11.4 Å². The van der Waals surface area contributed by atoms with Gasteiger partial charge in [0.1, 0.15) is 18.1 Å². The molecule has 0 saturated heterocycles. The topological polar surface area (TPSA) is 103 Å². The van der Waals surface area contributed by atoms with Crippen molar-refractivity contribution < 1.29 is 14.4 Å². The molecule has 1 N–H and O–H groups in total. The van der Waals surface area contributed by atoms with Gasteiger partial charge in [0.05, 0.1) is 18.1 Å². The molecule has 24 heavy (non-hydrogen) atoms. The Morgan fingerprint density at radius 2 is 1.96 bits per heavy atom. The Morgan fingerprint density at radius 3 is 2.75 bits per heavy atom. The lowest BCUT2D eigenvalue weighted by molar-refractivity contribution is -0.384. The SMILES string of the molecule is COc1cccc(-c2n[nH]c(COc3cccc([N+](=O)[O-])c3)n2)c1. The first-order valence-corrected chi connectivity index (χ1v) is 7.08. The van der Waals surface area contributed by atoms with Gasteiger partial charge in [0.25, 0.3) is 5.69 Å². The quantitative estimate of drug-likeness (QED) is 0.552. The normalized spacial score (nSPS) is 10.4. The fourth-order valence-corrected chi connectivity index (χ4v) is 2.09. The van der Waals surface area contributed by atoms with E-state index in [2.05, 4.69) is 15.2 Å². The first kappa shape index (κ1) is 15.5. The average Bonchev–Trinajstić information content (AvgIpc) is 3.09. The number of nitrogens with zero attached hydrogens (tertiary/aromatic N) is 3. The highest BCUT2D eigenvalue weighted by Gasteiger charge is 2.09. The van der Waals surface area contributed by atoms with Gasteiger partial charge in [0.15, 0.2) is 11.6 Å². The summed E-state index contributed by atoms with van der Waals surface area (Å²) in [6.45, 7) is 0.123. The molecule has 0 fully saturated rings. The van der Waals surface area contributed by atoms with Gasteiger partial charge in [-0.2, -0.15) is 5.10 Å². The maximum absolute atomic E-state index is 10.8. The molecular weight excluding hydrogens is 312 g/mol. The predicted octanol–water partition coefficient (Wildman–Crippen LogP) is 2.97. The Bertz CT molecular complexity index is 863. The highest BCUT2D eigenvalue weighted by molar-refractivity contribution is 5.57. The number of nitro groups is 1. The summed E-state index contributed by atoms with van der Waals surface area (Å²) in [5.41, 5.74) is 0.786. The van der Waals surface area contributed by atoms with E-state index in [0.29, 0.717) is 23.1 Å². The number of H-pyrrole nitrogens is 1. The van der Waals surface area contributed by atoms with Gasteiger partial charge in [-0.1, -0.05) is 18.2 Å². The molecule has 0 aliphatic carbocycles. The Balaban J connectivity index is 1.70. The summed E-state index contributed by atoms with van der Waals surface area (Å²) in [6.07, 6.45) is 0. The van der Waals surface area contributed by atoms with Crippen LogP contribution < -0.4 is 9.47 Å². The maximum atomic E-state index is 10.8. The number of non-ortho nitro benzene ring substituents is 1. The highest BCUT2D eigenvalue weighted by atomic mass is 16.6. The Kier molecular flexibility index (Phi) is 4.37. The summed E-state index contributed by atoms with van der Waals surface area (Å²) in [7, 11) is 1.59. The minimum Gasteiger partial charge on any atom is -0.497 e. The van der Waals surface area contributed by atoms with Crippen LogP contribution in [-0.4, -0.2) is 27.2 Å². The lowest BCUT2D eigenvalue weighted by Gasteiger charge is -2.03. The molecule has 0 unspecified atom stereocenters. The number of nitro benzene ring substituents is 1. The van der Waals surface area contributed by atoms with Gasteiger partial charge >= 0.3 is 0 Å². The molecule has 0 bridgehead atoms. The first-order chi connectivity index (χ1) is 11.7. The molecule has 0 atom stereocenters. The largest absolute Gasteiger partial charge is 0.497 e. The second kappa shape index (κ2) is 6.78. The maximum Gasteiger partial charge on any atom is 0.273 e. The summed E-state index contributed by atoms with van der Waals surface area (Å²) in [4.78, 5) is 14.6. The van der Waals surface area contributed by atoms with Crippen LogP contribution in [0.4, 0.5) is 5.69 Å². The van der Waals surface area contributed by atoms with Crippen molar-refractivity contribution in [3.05, 3.63) is 64.5 Å². The van der Waals surface area contributed by atoms with Crippen LogP contribution >= 0.6 is 0 Å². The minimum atomic E-state index is -0.470. The van der Waals surface area contributed by atoms with Gasteiger partial charge in [-0.05, 0) is 18.2 Å². The molecule has 0 amide bonds. The van der Waals surface area contributed by atoms with Crippen molar-refractivity contribution in [2.75, 3.05) is 7.11 Å². The van der Waals surface area contributed by atoms with E-state index >= 15 is 0 Å². The second-order valence-electron chi connectivity index (χ2n) is 4.88. The van der Waals surface area contributed by atoms with Crippen LogP contribution in [0.15, 0.2) is 48.5 Å². The highest BCUT2D eigenvalue weighted by Crippen LogP contribution is 2.22. The molecule has 2 aromatic carbocycles. The van der Waals surface area contributed by atoms with Crippen molar-refractivity contribution in [1.82, 2.24) is 15.2 Å². The van der Waals surface area contributed by atoms with Crippen molar-refractivity contribution in [2.45, 2.75) is 6.61 Å². The van der Waals surface area contributed by atoms with Gasteiger partial charge in [0.2, 0.25) is 0 Å². The first-order valence-electron chi connectivity index (χ1n) is 7.08. The smallest absolute Gasteiger partial charge is 0.273 e. The van der Waals surface area contributed by atoms with Gasteiger partial charge in [-0.3, -0.25) is 15.2 Å². The summed E-state index contributed by atoms with van der Waals surface area (Å²) in [5.74, 6) is 2.14. The number of aromatic nitrogens is 3. The third kappa shape index (κ3) is 3.49. The monoisotopic (exact) mass is 326 g/mol. The van der Waals surface area contributed by atoms with E-state index in [1.54, 1.807) is 19.2 Å². The molecule has 0 saturated carbocycles. The van der Waals surface area contributed by atoms with E-state index in [0.717, 1.165) is 5.56 Å². The molecule has 3 rings (SSSR count). The number of nitrogens with one attached hydrogen (secondary N) is 1. The van der Waals surface area contributed by atoms with Crippen LogP contribution in [0.1, 0.15) is 5.82 Å². The Morgan fingerprint density at radius 1 is 1.17 bits per heavy atom. The Hall–Kier alpha value is -3.42. The number of rotatable bonds is 6. The summed E-state index contributed by atoms with van der Waals surface area (Å²) in [6, 6.07) is 13.4. The number of benzene rings is 2. The molecular formula is C16H14N4O4. The van der Waals surface area contributed by atoms with Crippen LogP contribution in [0.3, 0.4) is 0 Å². The van der Waals surface area contributed by atoms with Gasteiger partial charge < -0.3 is 9.47 Å². The van der Waals surface area contributed by atoms with Crippen LogP contribution in [-0.2, 0) is 6.61 Å². The van der Waals surface area contributed by atoms with E-state index in [4.69, 9.17) is 9.47 Å². The molecule has 0 spiro atoms. The zero-order valence-corrected chi connectivity index (χ0v) is 12.8. The predicted molar refractivity (Wildman–Crippen MR) is 85.8 cm³/mol. The molecule has 0 aliphatic rings. The number of ether oxygens (including phenoxy) is 2. The molecule has 0 aliphatic heterocycles. The van der Waals surface area contributed by atoms with Crippen molar-refractivity contribution >= 4 is 5.69 Å². The fourth-order valence-electron chi connectivity index (χ4n) is 2.09. The number of hydrogen-bond donors (Lipinski definition) is 1. The number of hydrogen-bond acceptors (Lipinski definition) is 6. The summed E-state index contributed by atoms with van der Waals surface area (Å²) in [5, 5.41) is 17.7. The van der Waals surface area contributed by atoms with Crippen LogP contribution in [0.2, 0.25) is 0 Å². The van der Waals surface area contributed by atoms with Crippen LogP contribution in [0, 0.1) is 10.1 Å². The summed E-state index contributed by atoms with van der Waals surface area (Å²) < 4.78 is 10.7. The third-order valence-corrected chi connectivity index (χ3v) is 3.26. The van der Waals surface area contributed by atoms with Crippen molar-refractivity contribution in [3.8, 4) is 22.9 Å².